The molecule has 1 heterocycles. The Morgan fingerprint density at radius 3 is 3.06 bits per heavy atom. The first kappa shape index (κ1) is 13.1. The van der Waals surface area contributed by atoms with Gasteiger partial charge in [0.25, 0.3) is 0 Å². The first-order chi connectivity index (χ1) is 7.72. The molecule has 0 aromatic carbocycles. The molecule has 4 nitrogen and oxygen atoms in total. The lowest BCUT2D eigenvalue weighted by molar-refractivity contribution is -0.142. The van der Waals surface area contributed by atoms with Crippen LogP contribution in [-0.2, 0) is 16.1 Å². The van der Waals surface area contributed by atoms with Gasteiger partial charge in [0.15, 0.2) is 0 Å². The van der Waals surface area contributed by atoms with Crippen LogP contribution in [-0.4, -0.2) is 24.1 Å². The van der Waals surface area contributed by atoms with Crippen molar-refractivity contribution in [3.8, 4) is 0 Å². The van der Waals surface area contributed by atoms with Crippen LogP contribution in [0.3, 0.4) is 0 Å². The monoisotopic (exact) mass is 286 g/mol. The van der Waals surface area contributed by atoms with Gasteiger partial charge in [-0.25, -0.2) is 4.98 Å². The number of carbonyl (C=O) groups excluding carboxylic acids is 1. The molecule has 0 aliphatic heterocycles. The Labute approximate surface area is 104 Å². The summed E-state index contributed by atoms with van der Waals surface area (Å²) in [5.74, 6) is -0.169. The highest BCUT2D eigenvalue weighted by molar-refractivity contribution is 9.10. The molecule has 1 N–H and O–H groups in total. The molecule has 88 valence electrons. The summed E-state index contributed by atoms with van der Waals surface area (Å²) in [6.07, 6.45) is 0.391. The third-order valence-corrected chi connectivity index (χ3v) is 2.33. The standard InChI is InChI=1S/C11H15BrN2O2/c1-2-16-11(15)6-7-13-8-9-4-3-5-10(12)14-9/h3-5,13H,2,6-8H2,1H3. The summed E-state index contributed by atoms with van der Waals surface area (Å²) >= 11 is 3.30. The molecule has 0 bridgehead atoms. The molecule has 0 radical (unpaired) electrons. The van der Waals surface area contributed by atoms with Gasteiger partial charge in [0, 0.05) is 13.1 Å². The van der Waals surface area contributed by atoms with E-state index in [4.69, 9.17) is 4.74 Å². The maximum atomic E-state index is 11.0. The Bertz CT molecular complexity index is 345. The summed E-state index contributed by atoms with van der Waals surface area (Å²) in [6.45, 7) is 3.49. The van der Waals surface area contributed by atoms with E-state index in [0.717, 1.165) is 10.3 Å². The van der Waals surface area contributed by atoms with Crippen molar-refractivity contribution in [2.24, 2.45) is 0 Å². The number of nitrogens with zero attached hydrogens (tertiary/aromatic N) is 1. The number of rotatable bonds is 6. The Hall–Kier alpha value is -0.940. The zero-order valence-electron chi connectivity index (χ0n) is 9.20. The molecule has 0 saturated heterocycles. The Morgan fingerprint density at radius 2 is 2.38 bits per heavy atom. The van der Waals surface area contributed by atoms with Gasteiger partial charge in [-0.15, -0.1) is 0 Å². The van der Waals surface area contributed by atoms with E-state index in [2.05, 4.69) is 26.2 Å². The van der Waals surface area contributed by atoms with Gasteiger partial charge in [0.2, 0.25) is 0 Å². The molecular formula is C11H15BrN2O2. The van der Waals surface area contributed by atoms with Crippen LogP contribution in [0.2, 0.25) is 0 Å². The van der Waals surface area contributed by atoms with Gasteiger partial charge in [-0.1, -0.05) is 6.07 Å². The van der Waals surface area contributed by atoms with Gasteiger partial charge in [0.05, 0.1) is 18.7 Å². The van der Waals surface area contributed by atoms with Crippen LogP contribution in [0.15, 0.2) is 22.8 Å². The molecule has 16 heavy (non-hydrogen) atoms. The van der Waals surface area contributed by atoms with E-state index >= 15 is 0 Å². The van der Waals surface area contributed by atoms with E-state index in [1.165, 1.54) is 0 Å². The Morgan fingerprint density at radius 1 is 1.56 bits per heavy atom. The molecule has 0 saturated carbocycles. The molecule has 0 unspecified atom stereocenters. The van der Waals surface area contributed by atoms with Gasteiger partial charge in [-0.3, -0.25) is 4.79 Å². The fourth-order valence-corrected chi connectivity index (χ4v) is 1.57. The average molecular weight is 287 g/mol. The van der Waals surface area contributed by atoms with Gasteiger partial charge in [-0.2, -0.15) is 0 Å². The molecule has 0 fully saturated rings. The maximum Gasteiger partial charge on any atom is 0.307 e. The van der Waals surface area contributed by atoms with E-state index in [-0.39, 0.29) is 5.97 Å². The zero-order chi connectivity index (χ0) is 11.8. The van der Waals surface area contributed by atoms with Gasteiger partial charge in [0.1, 0.15) is 4.60 Å². The number of nitrogens with one attached hydrogen (secondary N) is 1. The van der Waals surface area contributed by atoms with Crippen LogP contribution in [0.5, 0.6) is 0 Å². The fourth-order valence-electron chi connectivity index (χ4n) is 1.19. The summed E-state index contributed by atoms with van der Waals surface area (Å²) in [4.78, 5) is 15.3. The number of carbonyl (C=O) groups is 1. The first-order valence-corrected chi connectivity index (χ1v) is 5.99. The quantitative estimate of drug-likeness (QED) is 0.493. The van der Waals surface area contributed by atoms with Crippen LogP contribution in [0.1, 0.15) is 19.0 Å². The zero-order valence-corrected chi connectivity index (χ0v) is 10.8. The summed E-state index contributed by atoms with van der Waals surface area (Å²) in [7, 11) is 0. The highest BCUT2D eigenvalue weighted by Gasteiger charge is 2.00. The second kappa shape index (κ2) is 7.35. The molecule has 1 rings (SSSR count). The highest BCUT2D eigenvalue weighted by Crippen LogP contribution is 2.05. The summed E-state index contributed by atoms with van der Waals surface area (Å²) < 4.78 is 5.63. The molecule has 1 aromatic rings. The maximum absolute atomic E-state index is 11.0. The normalized spacial score (nSPS) is 10.1. The van der Waals surface area contributed by atoms with Crippen molar-refractivity contribution < 1.29 is 9.53 Å². The number of halogens is 1. The van der Waals surface area contributed by atoms with Crippen LogP contribution in [0.4, 0.5) is 0 Å². The Balaban J connectivity index is 2.18. The van der Waals surface area contributed by atoms with E-state index in [0.29, 0.717) is 26.1 Å². The number of hydrogen-bond acceptors (Lipinski definition) is 4. The lowest BCUT2D eigenvalue weighted by Crippen LogP contribution is -2.19. The number of ether oxygens (including phenoxy) is 1. The predicted molar refractivity (Wildman–Crippen MR) is 64.9 cm³/mol. The lowest BCUT2D eigenvalue weighted by atomic mass is 10.3. The van der Waals surface area contributed by atoms with Crippen molar-refractivity contribution in [1.29, 1.82) is 0 Å². The molecule has 0 aliphatic carbocycles. The highest BCUT2D eigenvalue weighted by atomic mass is 79.9. The van der Waals surface area contributed by atoms with Crippen molar-refractivity contribution in [2.75, 3.05) is 13.2 Å². The molecule has 1 aromatic heterocycles. The fraction of sp³-hybridized carbons (Fsp3) is 0.455. The van der Waals surface area contributed by atoms with Crippen LogP contribution in [0, 0.1) is 0 Å². The van der Waals surface area contributed by atoms with Crippen molar-refractivity contribution >= 4 is 21.9 Å². The minimum Gasteiger partial charge on any atom is -0.466 e. The van der Waals surface area contributed by atoms with E-state index in [1.807, 2.05) is 18.2 Å². The number of esters is 1. The third-order valence-electron chi connectivity index (χ3n) is 1.89. The lowest BCUT2D eigenvalue weighted by Gasteiger charge is -2.04. The minimum absolute atomic E-state index is 0.169. The molecular weight excluding hydrogens is 272 g/mol. The molecule has 5 heteroatoms. The summed E-state index contributed by atoms with van der Waals surface area (Å²) in [5.41, 5.74) is 0.943. The van der Waals surface area contributed by atoms with Crippen molar-refractivity contribution in [1.82, 2.24) is 10.3 Å². The van der Waals surface area contributed by atoms with Crippen molar-refractivity contribution in [2.45, 2.75) is 19.9 Å². The second-order valence-electron chi connectivity index (χ2n) is 3.18. The van der Waals surface area contributed by atoms with Crippen molar-refractivity contribution in [3.63, 3.8) is 0 Å². The number of aromatic nitrogens is 1. The van der Waals surface area contributed by atoms with Crippen LogP contribution in [0.25, 0.3) is 0 Å². The second-order valence-corrected chi connectivity index (χ2v) is 4.00. The smallest absolute Gasteiger partial charge is 0.307 e. The number of pyridine rings is 1. The molecule has 0 spiro atoms. The van der Waals surface area contributed by atoms with E-state index < -0.39 is 0 Å². The van der Waals surface area contributed by atoms with Crippen molar-refractivity contribution in [3.05, 3.63) is 28.5 Å². The first-order valence-electron chi connectivity index (χ1n) is 5.20. The summed E-state index contributed by atoms with van der Waals surface area (Å²) in [6, 6.07) is 5.74. The number of hydrogen-bond donors (Lipinski definition) is 1. The minimum atomic E-state index is -0.169. The average Bonchev–Trinajstić information content (AvgIpc) is 2.25. The van der Waals surface area contributed by atoms with E-state index in [1.54, 1.807) is 6.92 Å². The SMILES string of the molecule is CCOC(=O)CCNCc1cccc(Br)n1. The molecule has 0 atom stereocenters. The van der Waals surface area contributed by atoms with Gasteiger partial charge in [-0.05, 0) is 35.0 Å². The largest absolute Gasteiger partial charge is 0.466 e. The summed E-state index contributed by atoms with van der Waals surface area (Å²) in [5, 5.41) is 3.13. The molecule has 0 aliphatic rings. The Kier molecular flexibility index (Phi) is 6.03. The van der Waals surface area contributed by atoms with E-state index in [9.17, 15) is 4.79 Å². The predicted octanol–water partition coefficient (Wildman–Crippen LogP) is 1.89. The van der Waals surface area contributed by atoms with Crippen LogP contribution >= 0.6 is 15.9 Å². The van der Waals surface area contributed by atoms with Crippen LogP contribution < -0.4 is 5.32 Å². The third kappa shape index (κ3) is 5.23. The van der Waals surface area contributed by atoms with Gasteiger partial charge < -0.3 is 10.1 Å². The van der Waals surface area contributed by atoms with Gasteiger partial charge >= 0.3 is 5.97 Å². The molecule has 0 amide bonds. The topological polar surface area (TPSA) is 51.2 Å².